The standard InChI is InChI=1S/C8H5NOS/c9-4-6-1-2-7(5-10)8(11)3-6/h1-3,5,11H. The topological polar surface area (TPSA) is 40.9 Å². The SMILES string of the molecule is N#Cc1ccc(C=O)c(S)c1. The first-order valence-corrected chi connectivity index (χ1v) is 3.41. The molecular weight excluding hydrogens is 158 g/mol. The molecule has 0 heterocycles. The molecule has 0 spiro atoms. The minimum atomic E-state index is 0.507. The number of nitriles is 1. The summed E-state index contributed by atoms with van der Waals surface area (Å²) in [6.07, 6.45) is 0.712. The van der Waals surface area contributed by atoms with Crippen molar-refractivity contribution in [2.24, 2.45) is 0 Å². The van der Waals surface area contributed by atoms with Crippen LogP contribution < -0.4 is 0 Å². The molecule has 0 amide bonds. The van der Waals surface area contributed by atoms with E-state index in [4.69, 9.17) is 5.26 Å². The summed E-state index contributed by atoms with van der Waals surface area (Å²) in [6, 6.07) is 6.68. The van der Waals surface area contributed by atoms with E-state index < -0.39 is 0 Å². The Morgan fingerprint density at radius 3 is 2.73 bits per heavy atom. The predicted molar refractivity (Wildman–Crippen MR) is 43.8 cm³/mol. The third-order valence-corrected chi connectivity index (χ3v) is 1.67. The van der Waals surface area contributed by atoms with E-state index >= 15 is 0 Å². The Morgan fingerprint density at radius 2 is 2.27 bits per heavy atom. The van der Waals surface area contributed by atoms with Crippen LogP contribution in [0, 0.1) is 11.3 Å². The molecule has 0 atom stereocenters. The van der Waals surface area contributed by atoms with Crippen molar-refractivity contribution in [2.45, 2.75) is 4.90 Å². The lowest BCUT2D eigenvalue weighted by molar-refractivity contribution is 0.112. The van der Waals surface area contributed by atoms with Crippen molar-refractivity contribution in [3.63, 3.8) is 0 Å². The Balaban J connectivity index is 3.22. The van der Waals surface area contributed by atoms with Crippen LogP contribution in [0.5, 0.6) is 0 Å². The van der Waals surface area contributed by atoms with Gasteiger partial charge in [-0.25, -0.2) is 0 Å². The van der Waals surface area contributed by atoms with E-state index in [1.807, 2.05) is 6.07 Å². The van der Waals surface area contributed by atoms with Crippen molar-refractivity contribution in [1.29, 1.82) is 5.26 Å². The zero-order valence-electron chi connectivity index (χ0n) is 5.61. The van der Waals surface area contributed by atoms with Crippen molar-refractivity contribution in [2.75, 3.05) is 0 Å². The van der Waals surface area contributed by atoms with Gasteiger partial charge in [0.2, 0.25) is 0 Å². The zero-order chi connectivity index (χ0) is 8.27. The number of rotatable bonds is 1. The summed E-state index contributed by atoms with van der Waals surface area (Å²) >= 11 is 4.02. The molecule has 1 rings (SSSR count). The molecule has 2 nitrogen and oxygen atoms in total. The first-order valence-electron chi connectivity index (χ1n) is 2.96. The normalized spacial score (nSPS) is 8.73. The summed E-state index contributed by atoms with van der Waals surface area (Å²) in [4.78, 5) is 10.8. The first kappa shape index (κ1) is 7.83. The highest BCUT2D eigenvalue weighted by Gasteiger charge is 1.97. The minimum absolute atomic E-state index is 0.507. The highest BCUT2D eigenvalue weighted by molar-refractivity contribution is 7.80. The van der Waals surface area contributed by atoms with E-state index in [9.17, 15) is 4.79 Å². The third kappa shape index (κ3) is 1.60. The van der Waals surface area contributed by atoms with Gasteiger partial charge in [-0.15, -0.1) is 12.6 Å². The molecule has 54 valence electrons. The number of thiol groups is 1. The molecule has 0 N–H and O–H groups in total. The van der Waals surface area contributed by atoms with Crippen LogP contribution in [0.4, 0.5) is 0 Å². The molecule has 0 aliphatic carbocycles. The van der Waals surface area contributed by atoms with E-state index in [1.165, 1.54) is 0 Å². The summed E-state index contributed by atoms with van der Waals surface area (Å²) in [5.41, 5.74) is 1.02. The number of carbonyl (C=O) groups is 1. The molecule has 1 aromatic carbocycles. The van der Waals surface area contributed by atoms with Gasteiger partial charge in [-0.3, -0.25) is 4.79 Å². The molecule has 0 aliphatic rings. The molecule has 0 unspecified atom stereocenters. The fourth-order valence-electron chi connectivity index (χ4n) is 0.713. The second-order valence-corrected chi connectivity index (χ2v) is 2.49. The van der Waals surface area contributed by atoms with Gasteiger partial charge in [0.1, 0.15) is 0 Å². The van der Waals surface area contributed by atoms with Gasteiger partial charge in [-0.05, 0) is 18.2 Å². The second kappa shape index (κ2) is 3.22. The van der Waals surface area contributed by atoms with E-state index in [1.54, 1.807) is 18.2 Å². The van der Waals surface area contributed by atoms with Gasteiger partial charge >= 0.3 is 0 Å². The average molecular weight is 163 g/mol. The monoisotopic (exact) mass is 163 g/mol. The van der Waals surface area contributed by atoms with Gasteiger partial charge in [0, 0.05) is 10.5 Å². The molecule has 0 radical (unpaired) electrons. The molecule has 1 aromatic rings. The van der Waals surface area contributed by atoms with Crippen molar-refractivity contribution >= 4 is 18.9 Å². The smallest absolute Gasteiger partial charge is 0.151 e. The van der Waals surface area contributed by atoms with Gasteiger partial charge in [0.05, 0.1) is 11.6 Å². The molecule has 0 saturated heterocycles. The van der Waals surface area contributed by atoms with Crippen LogP contribution in [0.25, 0.3) is 0 Å². The summed E-state index contributed by atoms with van der Waals surface area (Å²) in [7, 11) is 0. The number of hydrogen-bond acceptors (Lipinski definition) is 3. The summed E-state index contributed by atoms with van der Waals surface area (Å²) in [5, 5.41) is 8.45. The number of carbonyl (C=O) groups excluding carboxylic acids is 1. The van der Waals surface area contributed by atoms with Crippen LogP contribution in [0.3, 0.4) is 0 Å². The molecule has 11 heavy (non-hydrogen) atoms. The third-order valence-electron chi connectivity index (χ3n) is 1.29. The van der Waals surface area contributed by atoms with Gasteiger partial charge < -0.3 is 0 Å². The molecule has 0 aliphatic heterocycles. The van der Waals surface area contributed by atoms with E-state index in [-0.39, 0.29) is 0 Å². The fraction of sp³-hybridized carbons (Fsp3) is 0. The van der Waals surface area contributed by atoms with Crippen LogP contribution in [0.2, 0.25) is 0 Å². The first-order chi connectivity index (χ1) is 5.27. The van der Waals surface area contributed by atoms with Crippen LogP contribution in [-0.4, -0.2) is 6.29 Å². The number of nitrogens with zero attached hydrogens (tertiary/aromatic N) is 1. The van der Waals surface area contributed by atoms with E-state index in [0.717, 1.165) is 0 Å². The van der Waals surface area contributed by atoms with E-state index in [0.29, 0.717) is 22.3 Å². The maximum Gasteiger partial charge on any atom is 0.151 e. The molecular formula is C8H5NOS. The quantitative estimate of drug-likeness (QED) is 0.505. The van der Waals surface area contributed by atoms with Crippen molar-refractivity contribution in [3.05, 3.63) is 29.3 Å². The van der Waals surface area contributed by atoms with Crippen molar-refractivity contribution < 1.29 is 4.79 Å². The Hall–Kier alpha value is -1.27. The lowest BCUT2D eigenvalue weighted by atomic mass is 10.2. The molecule has 0 saturated carbocycles. The summed E-state index contributed by atoms with van der Waals surface area (Å²) < 4.78 is 0. The highest BCUT2D eigenvalue weighted by Crippen LogP contribution is 2.13. The number of hydrogen-bond donors (Lipinski definition) is 1. The van der Waals surface area contributed by atoms with Gasteiger partial charge in [0.25, 0.3) is 0 Å². The molecule has 3 heteroatoms. The van der Waals surface area contributed by atoms with Crippen molar-refractivity contribution in [1.82, 2.24) is 0 Å². The second-order valence-electron chi connectivity index (χ2n) is 2.00. The maximum absolute atomic E-state index is 10.3. The maximum atomic E-state index is 10.3. The van der Waals surface area contributed by atoms with Crippen LogP contribution in [-0.2, 0) is 0 Å². The van der Waals surface area contributed by atoms with Crippen LogP contribution in [0.1, 0.15) is 15.9 Å². The Bertz CT molecular complexity index is 327. The molecule has 0 aromatic heterocycles. The molecule has 0 fully saturated rings. The van der Waals surface area contributed by atoms with Crippen molar-refractivity contribution in [3.8, 4) is 6.07 Å². The van der Waals surface area contributed by atoms with E-state index in [2.05, 4.69) is 12.6 Å². The van der Waals surface area contributed by atoms with Gasteiger partial charge in [-0.1, -0.05) is 0 Å². The number of benzene rings is 1. The average Bonchev–Trinajstić information content (AvgIpc) is 2.04. The predicted octanol–water partition coefficient (Wildman–Crippen LogP) is 1.66. The van der Waals surface area contributed by atoms with Gasteiger partial charge in [0.15, 0.2) is 6.29 Å². The highest BCUT2D eigenvalue weighted by atomic mass is 32.1. The number of aldehydes is 1. The van der Waals surface area contributed by atoms with Crippen LogP contribution in [0.15, 0.2) is 23.1 Å². The molecule has 0 bridgehead atoms. The summed E-state index contributed by atoms with van der Waals surface area (Å²) in [6.45, 7) is 0. The Kier molecular flexibility index (Phi) is 2.29. The Labute approximate surface area is 69.9 Å². The fourth-order valence-corrected chi connectivity index (χ4v) is 0.979. The lowest BCUT2D eigenvalue weighted by Crippen LogP contribution is -1.83. The lowest BCUT2D eigenvalue weighted by Gasteiger charge is -1.95. The van der Waals surface area contributed by atoms with Crippen LogP contribution >= 0.6 is 12.6 Å². The van der Waals surface area contributed by atoms with Gasteiger partial charge in [-0.2, -0.15) is 5.26 Å². The minimum Gasteiger partial charge on any atom is -0.298 e. The summed E-state index contributed by atoms with van der Waals surface area (Å²) in [5.74, 6) is 0. The Morgan fingerprint density at radius 1 is 1.55 bits per heavy atom. The zero-order valence-corrected chi connectivity index (χ0v) is 6.51. The largest absolute Gasteiger partial charge is 0.298 e.